The number of carbonyl (C=O) groups is 2. The van der Waals surface area contributed by atoms with Gasteiger partial charge in [-0.05, 0) is 92.9 Å². The van der Waals surface area contributed by atoms with Crippen LogP contribution in [0.1, 0.15) is 81.8 Å². The van der Waals surface area contributed by atoms with Crippen molar-refractivity contribution in [3.05, 3.63) is 29.3 Å². The van der Waals surface area contributed by atoms with Crippen molar-refractivity contribution in [2.75, 3.05) is 39.3 Å². The van der Waals surface area contributed by atoms with Crippen LogP contribution < -0.4 is 9.96 Å². The number of fused-ring (bicyclic) bond motifs is 5. The molecular formula is C32H51B3N4O6. The van der Waals surface area contributed by atoms with Gasteiger partial charge < -0.3 is 15.0 Å². The number of aliphatic imine (C=N–C) groups is 1. The van der Waals surface area contributed by atoms with E-state index in [0.29, 0.717) is 82.1 Å². The molecular weight excluding hydrogens is 569 g/mol. The van der Waals surface area contributed by atoms with Crippen molar-refractivity contribution in [2.24, 2.45) is 22.2 Å². The number of Topliss-reactive ketones (excluding diaryl/α,β-unsaturated/α-hetero) is 1. The van der Waals surface area contributed by atoms with E-state index in [0.717, 1.165) is 57.8 Å². The number of ether oxygens (including phenoxy) is 1. The molecule has 3 N–H and O–H groups in total. The van der Waals surface area contributed by atoms with Crippen LogP contribution in [-0.2, 0) is 15.9 Å². The summed E-state index contributed by atoms with van der Waals surface area (Å²) in [6.45, 7) is 9.11. The summed E-state index contributed by atoms with van der Waals surface area (Å²) < 4.78 is 16.3. The number of benzene rings is 1. The van der Waals surface area contributed by atoms with E-state index in [1.165, 1.54) is 17.2 Å². The van der Waals surface area contributed by atoms with Crippen LogP contribution in [0.4, 0.5) is 4.79 Å². The number of hydrogen-bond acceptors (Lipinski definition) is 9. The molecule has 3 aliphatic carbocycles. The summed E-state index contributed by atoms with van der Waals surface area (Å²) in [4.78, 5) is 33.8. The first-order chi connectivity index (χ1) is 21.6. The van der Waals surface area contributed by atoms with Gasteiger partial charge in [0.05, 0.1) is 0 Å². The van der Waals surface area contributed by atoms with Gasteiger partial charge in [-0.1, -0.05) is 13.0 Å². The molecule has 0 saturated heterocycles. The quantitative estimate of drug-likeness (QED) is 0.137. The molecule has 0 aliphatic heterocycles. The van der Waals surface area contributed by atoms with Gasteiger partial charge in [0.15, 0.2) is 0 Å². The van der Waals surface area contributed by atoms with Gasteiger partial charge in [0.1, 0.15) is 11.5 Å². The van der Waals surface area contributed by atoms with Gasteiger partial charge >= 0.3 is 117 Å². The van der Waals surface area contributed by atoms with E-state index in [9.17, 15) is 24.3 Å². The normalized spacial score (nSPS) is 23.8. The zero-order chi connectivity index (χ0) is 32.4. The summed E-state index contributed by atoms with van der Waals surface area (Å²) in [5.41, 5.74) is 2.49. The molecule has 13 heteroatoms. The summed E-state index contributed by atoms with van der Waals surface area (Å²) in [6, 6.07) is 6.13. The van der Waals surface area contributed by atoms with Gasteiger partial charge in [0, 0.05) is 11.8 Å². The van der Waals surface area contributed by atoms with Crippen LogP contribution in [0.25, 0.3) is 0 Å². The van der Waals surface area contributed by atoms with Crippen LogP contribution in [0.3, 0.4) is 0 Å². The topological polar surface area (TPSA) is 132 Å². The molecule has 45 heavy (non-hydrogen) atoms. The Bertz CT molecular complexity index is 1190. The van der Waals surface area contributed by atoms with Gasteiger partial charge in [-0.3, -0.25) is 4.79 Å². The fourth-order valence-corrected chi connectivity index (χ4v) is 8.02. The first kappa shape index (κ1) is 35.5. The van der Waals surface area contributed by atoms with E-state index in [1.807, 2.05) is 16.9 Å². The van der Waals surface area contributed by atoms with Crippen molar-refractivity contribution >= 4 is 39.2 Å². The number of rotatable bonds is 17. The second kappa shape index (κ2) is 17.0. The molecule has 3 aliphatic rings. The van der Waals surface area contributed by atoms with E-state index in [2.05, 4.69) is 23.2 Å². The predicted octanol–water partition coefficient (Wildman–Crippen LogP) is 3.66. The number of unbranched alkanes of at least 4 members (excludes halogenated alkanes) is 1. The van der Waals surface area contributed by atoms with E-state index >= 15 is 0 Å². The molecule has 2 fully saturated rings. The molecule has 10 nitrogen and oxygen atoms in total. The summed E-state index contributed by atoms with van der Waals surface area (Å²) in [5.74, 6) is 2.55. The number of hydrogen-bond donors (Lipinski definition) is 3. The molecule has 0 spiro atoms. The Balaban J connectivity index is 1.33. The van der Waals surface area contributed by atoms with Crippen molar-refractivity contribution in [2.45, 2.75) is 90.7 Å². The smallest absolute Gasteiger partial charge is 0.410 e. The molecule has 4 rings (SSSR count). The molecule has 0 bridgehead atoms. The second-order valence-corrected chi connectivity index (χ2v) is 13.5. The summed E-state index contributed by atoms with van der Waals surface area (Å²) in [5, 5.41) is 22.7. The van der Waals surface area contributed by atoms with Crippen molar-refractivity contribution in [1.29, 1.82) is 0 Å². The molecule has 2 saturated carbocycles. The van der Waals surface area contributed by atoms with Gasteiger partial charge in [-0.2, -0.15) is 0 Å². The summed E-state index contributed by atoms with van der Waals surface area (Å²) >= 11 is 0. The van der Waals surface area contributed by atoms with Gasteiger partial charge in [-0.15, -0.1) is 0 Å². The summed E-state index contributed by atoms with van der Waals surface area (Å²) in [6.07, 6.45) is 9.65. The van der Waals surface area contributed by atoms with Crippen molar-refractivity contribution < 1.29 is 29.1 Å². The van der Waals surface area contributed by atoms with Crippen molar-refractivity contribution in [3.8, 4) is 5.75 Å². The maximum atomic E-state index is 13.4. The monoisotopic (exact) mass is 620 g/mol. The first-order valence-electron chi connectivity index (χ1n) is 17.0. The Morgan fingerprint density at radius 3 is 2.62 bits per heavy atom. The minimum absolute atomic E-state index is 0.135. The van der Waals surface area contributed by atoms with Gasteiger partial charge in [-0.25, -0.2) is 4.79 Å². The number of nitrogens with one attached hydrogen (secondary N) is 1. The van der Waals surface area contributed by atoms with Crippen molar-refractivity contribution in [3.63, 3.8) is 0 Å². The first-order valence-corrected chi connectivity index (χ1v) is 17.0. The fraction of sp³-hybridized carbons (Fsp3) is 0.719. The number of carbonyl (C=O) groups excluding carboxylic acids is 2. The maximum absolute atomic E-state index is 13.4. The average Bonchev–Trinajstić information content (AvgIpc) is 3.32. The predicted molar refractivity (Wildman–Crippen MR) is 179 cm³/mol. The minimum Gasteiger partial charge on any atom is -0.410 e. The number of nitrogens with zero attached hydrogens (tertiary/aromatic N) is 3. The number of ketones is 1. The van der Waals surface area contributed by atoms with E-state index < -0.39 is 14.1 Å². The Labute approximate surface area is 270 Å². The third-order valence-corrected chi connectivity index (χ3v) is 10.5. The molecule has 1 aromatic rings. The molecule has 244 valence electrons. The molecule has 1 amide bonds. The molecule has 4 unspecified atom stereocenters. The third kappa shape index (κ3) is 9.36. The standard InChI is InChI=1S/C32H51B3N4O6/c1-32-15-14-27-26-11-9-25(22-24(26)8-10-28(27)29(32)12-13-30(32)40)45-31(41)38(19-7-17-37-34(2)43)18-4-5-20-39(35(3)44)21-6-16-36-23-33-42/h9,11,22-23,27-29,37,43-44H,4-8,10,12-21H2,1-3H3. The van der Waals surface area contributed by atoms with Crippen molar-refractivity contribution in [1.82, 2.24) is 14.9 Å². The van der Waals surface area contributed by atoms with Crippen LogP contribution in [0.2, 0.25) is 13.6 Å². The Hall–Kier alpha value is -2.34. The second-order valence-electron chi connectivity index (χ2n) is 13.5. The molecule has 0 heterocycles. The Morgan fingerprint density at radius 1 is 1.11 bits per heavy atom. The molecule has 4 atom stereocenters. The molecule has 0 radical (unpaired) electrons. The van der Waals surface area contributed by atoms with Crippen LogP contribution in [0.15, 0.2) is 23.2 Å². The van der Waals surface area contributed by atoms with Crippen LogP contribution in [0, 0.1) is 17.3 Å². The number of aryl methyl sites for hydroxylation is 1. The summed E-state index contributed by atoms with van der Waals surface area (Å²) in [7, 11) is -0.538. The Kier molecular flexibility index (Phi) is 13.4. The van der Waals surface area contributed by atoms with Gasteiger partial charge in [0.2, 0.25) is 0 Å². The van der Waals surface area contributed by atoms with E-state index in [4.69, 9.17) is 4.74 Å². The fourth-order valence-electron chi connectivity index (χ4n) is 8.02. The third-order valence-electron chi connectivity index (χ3n) is 10.5. The molecule has 1 aromatic carbocycles. The SMILES string of the molecule is CB(O)NCCCN(CCCCN(CCCN=CB=O)B(C)O)C(=O)Oc1ccc2c(c1)CCC1C2CCC2(C)C(=O)CCC12. The molecule has 0 aromatic heterocycles. The zero-order valence-corrected chi connectivity index (χ0v) is 27.5. The van der Waals surface area contributed by atoms with Crippen LogP contribution in [-0.4, -0.2) is 98.3 Å². The van der Waals surface area contributed by atoms with E-state index in [1.54, 1.807) is 18.5 Å². The zero-order valence-electron chi connectivity index (χ0n) is 27.5. The van der Waals surface area contributed by atoms with Gasteiger partial charge in [0.25, 0.3) is 0 Å². The average molecular weight is 620 g/mol. The van der Waals surface area contributed by atoms with E-state index in [-0.39, 0.29) is 11.5 Å². The minimum atomic E-state index is -0.608. The van der Waals surface area contributed by atoms with Crippen LogP contribution >= 0.6 is 0 Å². The van der Waals surface area contributed by atoms with Crippen LogP contribution in [0.5, 0.6) is 5.75 Å². The Morgan fingerprint density at radius 2 is 1.87 bits per heavy atom. The number of amides is 1.